The molecule has 1 aliphatic rings. The topological polar surface area (TPSA) is 76.1 Å². The van der Waals surface area contributed by atoms with Crippen LogP contribution < -0.4 is 4.74 Å². The van der Waals surface area contributed by atoms with Crippen LogP contribution in [0.2, 0.25) is 0 Å². The van der Waals surface area contributed by atoms with Gasteiger partial charge in [0.15, 0.2) is 6.61 Å². The molecule has 0 saturated carbocycles. The number of carbonyl (C=O) groups excluding carboxylic acids is 1. The average molecular weight is 293 g/mol. The lowest BCUT2D eigenvalue weighted by Crippen LogP contribution is -2.46. The van der Waals surface area contributed by atoms with Gasteiger partial charge < -0.3 is 19.5 Å². The number of carboxylic acid groups (broad SMARTS) is 1. The lowest BCUT2D eigenvalue weighted by atomic mass is 10.1. The summed E-state index contributed by atoms with van der Waals surface area (Å²) in [5.41, 5.74) is 0.697. The quantitative estimate of drug-likeness (QED) is 0.874. The SMILES string of the molecule is CC1CN(C(=O)COc2ccc(CC(=O)O)cc2)CCO1. The summed E-state index contributed by atoms with van der Waals surface area (Å²) in [5, 5.41) is 8.69. The van der Waals surface area contributed by atoms with E-state index in [4.69, 9.17) is 14.6 Å². The first-order chi connectivity index (χ1) is 10.0. The van der Waals surface area contributed by atoms with Crippen LogP contribution in [0.3, 0.4) is 0 Å². The maximum atomic E-state index is 12.0. The van der Waals surface area contributed by atoms with E-state index in [9.17, 15) is 9.59 Å². The maximum Gasteiger partial charge on any atom is 0.307 e. The third kappa shape index (κ3) is 4.75. The zero-order valence-corrected chi connectivity index (χ0v) is 11.9. The van der Waals surface area contributed by atoms with E-state index in [0.29, 0.717) is 31.0 Å². The van der Waals surface area contributed by atoms with Gasteiger partial charge in [0.2, 0.25) is 0 Å². The summed E-state index contributed by atoms with van der Waals surface area (Å²) in [6, 6.07) is 6.72. The average Bonchev–Trinajstić information content (AvgIpc) is 2.45. The van der Waals surface area contributed by atoms with Gasteiger partial charge in [-0.15, -0.1) is 0 Å². The number of benzene rings is 1. The molecule has 0 radical (unpaired) electrons. The van der Waals surface area contributed by atoms with Crippen molar-refractivity contribution in [1.29, 1.82) is 0 Å². The Labute approximate surface area is 123 Å². The summed E-state index contributed by atoms with van der Waals surface area (Å²) in [6.07, 6.45) is 0.0308. The van der Waals surface area contributed by atoms with Gasteiger partial charge in [-0.2, -0.15) is 0 Å². The van der Waals surface area contributed by atoms with E-state index in [1.807, 2.05) is 6.92 Å². The first-order valence-corrected chi connectivity index (χ1v) is 6.87. The standard InChI is InChI=1S/C15H19NO5/c1-11-9-16(6-7-20-11)14(17)10-21-13-4-2-12(3-5-13)8-15(18)19/h2-5,11H,6-10H2,1H3,(H,18,19). The zero-order valence-electron chi connectivity index (χ0n) is 11.9. The molecule has 6 heteroatoms. The van der Waals surface area contributed by atoms with Crippen molar-refractivity contribution in [3.63, 3.8) is 0 Å². The molecule has 1 aromatic carbocycles. The molecule has 0 aliphatic carbocycles. The minimum Gasteiger partial charge on any atom is -0.484 e. The number of ether oxygens (including phenoxy) is 2. The van der Waals surface area contributed by atoms with E-state index in [-0.39, 0.29) is 25.0 Å². The fourth-order valence-electron chi connectivity index (χ4n) is 2.16. The van der Waals surface area contributed by atoms with Gasteiger partial charge in [0, 0.05) is 13.1 Å². The van der Waals surface area contributed by atoms with Gasteiger partial charge in [0.25, 0.3) is 5.91 Å². The van der Waals surface area contributed by atoms with Gasteiger partial charge in [-0.25, -0.2) is 0 Å². The van der Waals surface area contributed by atoms with Crippen LogP contribution in [0.25, 0.3) is 0 Å². The highest BCUT2D eigenvalue weighted by atomic mass is 16.5. The van der Waals surface area contributed by atoms with Crippen molar-refractivity contribution < 1.29 is 24.2 Å². The number of carbonyl (C=O) groups is 2. The molecule has 1 unspecified atom stereocenters. The first-order valence-electron chi connectivity index (χ1n) is 6.87. The normalized spacial score (nSPS) is 18.3. The van der Waals surface area contributed by atoms with E-state index in [0.717, 1.165) is 0 Å². The van der Waals surface area contributed by atoms with E-state index in [2.05, 4.69) is 0 Å². The van der Waals surface area contributed by atoms with E-state index in [1.54, 1.807) is 29.2 Å². The lowest BCUT2D eigenvalue weighted by molar-refractivity contribution is -0.140. The van der Waals surface area contributed by atoms with Crippen LogP contribution in [0.4, 0.5) is 0 Å². The second kappa shape index (κ2) is 7.08. The highest BCUT2D eigenvalue weighted by Crippen LogP contribution is 2.13. The Balaban J connectivity index is 1.82. The monoisotopic (exact) mass is 293 g/mol. The fourth-order valence-corrected chi connectivity index (χ4v) is 2.16. The summed E-state index contributed by atoms with van der Waals surface area (Å²) < 4.78 is 10.8. The van der Waals surface area contributed by atoms with Crippen LogP contribution in [0.15, 0.2) is 24.3 Å². The molecule has 0 spiro atoms. The molecule has 1 heterocycles. The van der Waals surface area contributed by atoms with Crippen molar-refractivity contribution in [2.75, 3.05) is 26.3 Å². The van der Waals surface area contributed by atoms with Gasteiger partial charge in [0.1, 0.15) is 5.75 Å². The predicted molar refractivity (Wildman–Crippen MR) is 75.3 cm³/mol. The number of hydrogen-bond donors (Lipinski definition) is 1. The minimum atomic E-state index is -0.875. The first kappa shape index (κ1) is 15.3. The Hall–Kier alpha value is -2.08. The van der Waals surface area contributed by atoms with Crippen LogP contribution in [0, 0.1) is 0 Å². The summed E-state index contributed by atoms with van der Waals surface area (Å²) in [6.45, 7) is 3.63. The van der Waals surface area contributed by atoms with Crippen LogP contribution in [0.5, 0.6) is 5.75 Å². The molecule has 1 aromatic rings. The maximum absolute atomic E-state index is 12.0. The fraction of sp³-hybridized carbons (Fsp3) is 0.467. The van der Waals surface area contributed by atoms with Crippen molar-refractivity contribution in [3.05, 3.63) is 29.8 Å². The Morgan fingerprint density at radius 3 is 2.71 bits per heavy atom. The van der Waals surface area contributed by atoms with Crippen molar-refractivity contribution in [3.8, 4) is 5.75 Å². The van der Waals surface area contributed by atoms with Gasteiger partial charge in [-0.3, -0.25) is 9.59 Å². The summed E-state index contributed by atoms with van der Waals surface area (Å²) in [7, 11) is 0. The molecule has 1 amide bonds. The molecule has 114 valence electrons. The number of hydrogen-bond acceptors (Lipinski definition) is 4. The smallest absolute Gasteiger partial charge is 0.307 e. The second-order valence-corrected chi connectivity index (χ2v) is 5.02. The molecular weight excluding hydrogens is 274 g/mol. The Morgan fingerprint density at radius 2 is 2.10 bits per heavy atom. The number of carboxylic acids is 1. The molecule has 1 atom stereocenters. The molecule has 6 nitrogen and oxygen atoms in total. The second-order valence-electron chi connectivity index (χ2n) is 5.02. The number of amides is 1. The Bertz CT molecular complexity index is 499. The number of morpholine rings is 1. The number of nitrogens with zero attached hydrogens (tertiary/aromatic N) is 1. The van der Waals surface area contributed by atoms with E-state index in [1.165, 1.54) is 0 Å². The van der Waals surface area contributed by atoms with Gasteiger partial charge in [-0.1, -0.05) is 12.1 Å². The minimum absolute atomic E-state index is 0.0228. The molecule has 21 heavy (non-hydrogen) atoms. The molecule has 1 aliphatic heterocycles. The molecule has 2 rings (SSSR count). The van der Waals surface area contributed by atoms with Gasteiger partial charge in [-0.05, 0) is 24.6 Å². The molecule has 0 aromatic heterocycles. The summed E-state index contributed by atoms with van der Waals surface area (Å²) >= 11 is 0. The summed E-state index contributed by atoms with van der Waals surface area (Å²) in [4.78, 5) is 24.3. The largest absolute Gasteiger partial charge is 0.484 e. The third-order valence-electron chi connectivity index (χ3n) is 3.23. The van der Waals surface area contributed by atoms with Crippen LogP contribution in [-0.2, 0) is 20.7 Å². The van der Waals surface area contributed by atoms with Crippen LogP contribution >= 0.6 is 0 Å². The van der Waals surface area contributed by atoms with Crippen LogP contribution in [-0.4, -0.2) is 54.3 Å². The van der Waals surface area contributed by atoms with Gasteiger partial charge in [0.05, 0.1) is 19.1 Å². The lowest BCUT2D eigenvalue weighted by Gasteiger charge is -2.31. The number of aliphatic carboxylic acids is 1. The Kier molecular flexibility index (Phi) is 5.16. The highest BCUT2D eigenvalue weighted by Gasteiger charge is 2.21. The van der Waals surface area contributed by atoms with Crippen molar-refractivity contribution in [1.82, 2.24) is 4.90 Å². The van der Waals surface area contributed by atoms with Gasteiger partial charge >= 0.3 is 5.97 Å². The zero-order chi connectivity index (χ0) is 15.2. The predicted octanol–water partition coefficient (Wildman–Crippen LogP) is 0.940. The van der Waals surface area contributed by atoms with Crippen molar-refractivity contribution in [2.45, 2.75) is 19.4 Å². The molecule has 1 saturated heterocycles. The number of rotatable bonds is 5. The van der Waals surface area contributed by atoms with Crippen molar-refractivity contribution >= 4 is 11.9 Å². The van der Waals surface area contributed by atoms with E-state index >= 15 is 0 Å². The third-order valence-corrected chi connectivity index (χ3v) is 3.23. The summed E-state index contributed by atoms with van der Waals surface area (Å²) in [5.74, 6) is -0.390. The molecular formula is C15H19NO5. The molecule has 1 fully saturated rings. The van der Waals surface area contributed by atoms with Crippen molar-refractivity contribution in [2.24, 2.45) is 0 Å². The highest BCUT2D eigenvalue weighted by molar-refractivity contribution is 5.78. The molecule has 0 bridgehead atoms. The van der Waals surface area contributed by atoms with E-state index < -0.39 is 5.97 Å². The molecule has 1 N–H and O–H groups in total. The Morgan fingerprint density at radius 1 is 1.38 bits per heavy atom. The van der Waals surface area contributed by atoms with Crippen LogP contribution in [0.1, 0.15) is 12.5 Å².